The second-order valence-electron chi connectivity index (χ2n) is 5.24. The van der Waals surface area contributed by atoms with Crippen LogP contribution in [0.15, 0.2) is 24.4 Å². The molecular weight excluding hydrogens is 229 g/mol. The highest BCUT2D eigenvalue weighted by atomic mass is 19.1. The van der Waals surface area contributed by atoms with Crippen molar-refractivity contribution < 1.29 is 4.39 Å². The Bertz CT molecular complexity index is 615. The lowest BCUT2D eigenvalue weighted by molar-refractivity contribution is 0.553. The summed E-state index contributed by atoms with van der Waals surface area (Å²) in [4.78, 5) is 7.45. The first kappa shape index (κ1) is 12.3. The van der Waals surface area contributed by atoms with Gasteiger partial charge in [0.1, 0.15) is 11.6 Å². The molecule has 3 nitrogen and oxygen atoms in total. The molecule has 0 aliphatic heterocycles. The molecule has 0 aliphatic carbocycles. The average molecular weight is 243 g/mol. The number of nitrogens with zero attached hydrogens (tertiary/aromatic N) is 2. The first-order valence-corrected chi connectivity index (χ1v) is 5.67. The summed E-state index contributed by atoms with van der Waals surface area (Å²) in [5, 5.41) is 8.83. The standard InChI is InChI=1S/C14H14FN3/c1-14(2,3)13-17-8-12(18-13)10-4-9(7-16)5-11(15)6-10/h4-6,8H,1-3H3,(H,17,18). The summed E-state index contributed by atoms with van der Waals surface area (Å²) < 4.78 is 13.4. The van der Waals surface area contributed by atoms with E-state index in [1.165, 1.54) is 12.1 Å². The lowest BCUT2D eigenvalue weighted by Gasteiger charge is -2.14. The van der Waals surface area contributed by atoms with Crippen LogP contribution < -0.4 is 0 Å². The summed E-state index contributed by atoms with van der Waals surface area (Å²) in [5.41, 5.74) is 1.56. The number of aromatic amines is 1. The molecule has 0 saturated heterocycles. The minimum atomic E-state index is -0.420. The van der Waals surface area contributed by atoms with E-state index in [1.54, 1.807) is 12.3 Å². The van der Waals surface area contributed by atoms with Crippen LogP contribution in [0.4, 0.5) is 4.39 Å². The molecule has 0 unspecified atom stereocenters. The lowest BCUT2D eigenvalue weighted by atomic mass is 9.96. The Morgan fingerprint density at radius 2 is 2.00 bits per heavy atom. The van der Waals surface area contributed by atoms with Gasteiger partial charge in [0.2, 0.25) is 0 Å². The predicted octanol–water partition coefficient (Wildman–Crippen LogP) is 3.38. The van der Waals surface area contributed by atoms with E-state index in [4.69, 9.17) is 5.26 Å². The summed E-state index contributed by atoms with van der Waals surface area (Å²) in [6, 6.07) is 6.19. The van der Waals surface area contributed by atoms with Gasteiger partial charge in [0.05, 0.1) is 23.5 Å². The third-order valence-electron chi connectivity index (χ3n) is 2.62. The van der Waals surface area contributed by atoms with Gasteiger partial charge in [0, 0.05) is 11.0 Å². The van der Waals surface area contributed by atoms with Gasteiger partial charge in [-0.1, -0.05) is 20.8 Å². The van der Waals surface area contributed by atoms with E-state index in [2.05, 4.69) is 9.97 Å². The maximum atomic E-state index is 13.4. The van der Waals surface area contributed by atoms with Crippen LogP contribution in [0, 0.1) is 17.1 Å². The Hall–Kier alpha value is -2.15. The minimum absolute atomic E-state index is 0.0936. The molecule has 0 atom stereocenters. The predicted molar refractivity (Wildman–Crippen MR) is 67.4 cm³/mol. The fraction of sp³-hybridized carbons (Fsp3) is 0.286. The largest absolute Gasteiger partial charge is 0.342 e. The van der Waals surface area contributed by atoms with E-state index in [0.29, 0.717) is 11.1 Å². The molecule has 1 heterocycles. The molecule has 2 rings (SSSR count). The zero-order chi connectivity index (χ0) is 13.3. The Morgan fingerprint density at radius 1 is 1.28 bits per heavy atom. The molecule has 0 radical (unpaired) electrons. The van der Waals surface area contributed by atoms with E-state index < -0.39 is 5.82 Å². The van der Waals surface area contributed by atoms with Gasteiger partial charge in [-0.05, 0) is 18.2 Å². The van der Waals surface area contributed by atoms with Gasteiger partial charge in [-0.2, -0.15) is 5.26 Å². The van der Waals surface area contributed by atoms with Crippen LogP contribution in [-0.2, 0) is 5.41 Å². The number of hydrogen-bond acceptors (Lipinski definition) is 2. The number of benzene rings is 1. The van der Waals surface area contributed by atoms with E-state index in [-0.39, 0.29) is 5.41 Å². The van der Waals surface area contributed by atoms with E-state index in [9.17, 15) is 4.39 Å². The van der Waals surface area contributed by atoms with Gasteiger partial charge < -0.3 is 4.98 Å². The fourth-order valence-corrected chi connectivity index (χ4v) is 1.66. The van der Waals surface area contributed by atoms with Crippen molar-refractivity contribution in [3.05, 3.63) is 41.6 Å². The van der Waals surface area contributed by atoms with Crippen molar-refractivity contribution >= 4 is 0 Å². The van der Waals surface area contributed by atoms with Crippen molar-refractivity contribution in [1.29, 1.82) is 5.26 Å². The molecule has 0 aliphatic rings. The van der Waals surface area contributed by atoms with Gasteiger partial charge in [-0.25, -0.2) is 9.37 Å². The van der Waals surface area contributed by atoms with Crippen molar-refractivity contribution in [2.75, 3.05) is 0 Å². The summed E-state index contributed by atoms with van der Waals surface area (Å²) in [6.07, 6.45) is 1.66. The van der Waals surface area contributed by atoms with E-state index >= 15 is 0 Å². The van der Waals surface area contributed by atoms with Crippen molar-refractivity contribution in [3.8, 4) is 17.3 Å². The summed E-state index contributed by atoms with van der Waals surface area (Å²) in [6.45, 7) is 6.13. The molecule has 0 saturated carbocycles. The third kappa shape index (κ3) is 2.40. The molecular formula is C14H14FN3. The molecule has 1 aromatic carbocycles. The first-order chi connectivity index (χ1) is 8.40. The van der Waals surface area contributed by atoms with Crippen LogP contribution >= 0.6 is 0 Å². The van der Waals surface area contributed by atoms with Crippen molar-refractivity contribution in [2.45, 2.75) is 26.2 Å². The summed E-state index contributed by atoms with van der Waals surface area (Å²) >= 11 is 0. The van der Waals surface area contributed by atoms with Crippen molar-refractivity contribution in [1.82, 2.24) is 9.97 Å². The first-order valence-electron chi connectivity index (χ1n) is 5.67. The quantitative estimate of drug-likeness (QED) is 0.834. The Morgan fingerprint density at radius 3 is 2.56 bits per heavy atom. The topological polar surface area (TPSA) is 52.5 Å². The molecule has 2 aromatic rings. The zero-order valence-corrected chi connectivity index (χ0v) is 10.6. The number of nitrogens with one attached hydrogen (secondary N) is 1. The van der Waals surface area contributed by atoms with Gasteiger partial charge >= 0.3 is 0 Å². The number of aromatic nitrogens is 2. The molecule has 0 fully saturated rings. The smallest absolute Gasteiger partial charge is 0.125 e. The highest BCUT2D eigenvalue weighted by Crippen LogP contribution is 2.24. The van der Waals surface area contributed by atoms with Crippen LogP contribution in [0.2, 0.25) is 0 Å². The summed E-state index contributed by atoms with van der Waals surface area (Å²) in [5.74, 6) is 0.413. The van der Waals surface area contributed by atoms with Crippen molar-refractivity contribution in [3.63, 3.8) is 0 Å². The van der Waals surface area contributed by atoms with Crippen LogP contribution in [0.3, 0.4) is 0 Å². The molecule has 0 spiro atoms. The van der Waals surface area contributed by atoms with Crippen LogP contribution in [0.25, 0.3) is 11.3 Å². The van der Waals surface area contributed by atoms with E-state index in [1.807, 2.05) is 26.8 Å². The highest BCUT2D eigenvalue weighted by Gasteiger charge is 2.18. The fourth-order valence-electron chi connectivity index (χ4n) is 1.66. The molecule has 18 heavy (non-hydrogen) atoms. The number of rotatable bonds is 1. The maximum Gasteiger partial charge on any atom is 0.125 e. The molecule has 4 heteroatoms. The normalized spacial score (nSPS) is 11.3. The number of nitriles is 1. The van der Waals surface area contributed by atoms with Crippen LogP contribution in [0.5, 0.6) is 0 Å². The second-order valence-corrected chi connectivity index (χ2v) is 5.24. The molecule has 1 N–H and O–H groups in total. The van der Waals surface area contributed by atoms with Crippen LogP contribution in [0.1, 0.15) is 32.2 Å². The number of halogens is 1. The Balaban J connectivity index is 2.47. The third-order valence-corrected chi connectivity index (χ3v) is 2.62. The van der Waals surface area contributed by atoms with Gasteiger partial charge in [0.15, 0.2) is 0 Å². The lowest BCUT2D eigenvalue weighted by Crippen LogP contribution is -2.13. The van der Waals surface area contributed by atoms with Crippen LogP contribution in [-0.4, -0.2) is 9.97 Å². The van der Waals surface area contributed by atoms with Gasteiger partial charge in [-0.3, -0.25) is 0 Å². The molecule has 0 bridgehead atoms. The van der Waals surface area contributed by atoms with Gasteiger partial charge in [-0.15, -0.1) is 0 Å². The SMILES string of the molecule is CC(C)(C)c1ncc(-c2cc(F)cc(C#N)c2)[nH]1. The summed E-state index contributed by atoms with van der Waals surface area (Å²) in [7, 11) is 0. The maximum absolute atomic E-state index is 13.4. The minimum Gasteiger partial charge on any atom is -0.342 e. The molecule has 1 aromatic heterocycles. The Kier molecular flexibility index (Phi) is 2.92. The number of imidazole rings is 1. The van der Waals surface area contributed by atoms with Crippen molar-refractivity contribution in [2.24, 2.45) is 0 Å². The molecule has 92 valence electrons. The molecule has 0 amide bonds. The van der Waals surface area contributed by atoms with Gasteiger partial charge in [0.25, 0.3) is 0 Å². The van der Waals surface area contributed by atoms with E-state index in [0.717, 1.165) is 11.5 Å². The zero-order valence-electron chi connectivity index (χ0n) is 10.6. The monoisotopic (exact) mass is 243 g/mol. The second kappa shape index (κ2) is 4.26. The number of H-pyrrole nitrogens is 1. The average Bonchev–Trinajstić information content (AvgIpc) is 2.77. The number of hydrogen-bond donors (Lipinski definition) is 1. The highest BCUT2D eigenvalue weighted by molar-refractivity contribution is 5.61. The Labute approximate surface area is 105 Å².